The van der Waals surface area contributed by atoms with Crippen molar-refractivity contribution < 1.29 is 65.4 Å². The van der Waals surface area contributed by atoms with Gasteiger partial charge in [-0.2, -0.15) is 0 Å². The Hall–Kier alpha value is -0.300. The SMILES string of the molecule is NCCO.OB(O)O.OB(O)O.OB(O)O.OB(O)O. The second-order valence-electron chi connectivity index (χ2n) is 1.90. The van der Waals surface area contributed by atoms with Gasteiger partial charge in [0.2, 0.25) is 0 Å². The summed E-state index contributed by atoms with van der Waals surface area (Å²) in [6.45, 7) is 0.472. The molecule has 0 rings (SSSR count). The number of rotatable bonds is 1. The van der Waals surface area contributed by atoms with E-state index in [2.05, 4.69) is 0 Å². The Morgan fingerprint density at radius 3 is 0.550 bits per heavy atom. The van der Waals surface area contributed by atoms with Crippen LogP contribution < -0.4 is 5.73 Å². The molecular formula is C2H19B4NO13. The first-order valence-corrected chi connectivity index (χ1v) is 4.32. The zero-order valence-electron chi connectivity index (χ0n) is 10.1. The molecule has 0 saturated carbocycles. The molecule has 0 atom stereocenters. The first-order valence-electron chi connectivity index (χ1n) is 4.32. The molecule has 0 radical (unpaired) electrons. The summed E-state index contributed by atoms with van der Waals surface area (Å²) in [7, 11) is -8.67. The number of aliphatic hydroxyl groups excluding tert-OH is 1. The highest BCUT2D eigenvalue weighted by Crippen LogP contribution is 1.41. The number of hydrogen-bond acceptors (Lipinski definition) is 14. The van der Waals surface area contributed by atoms with Crippen LogP contribution in [0, 0.1) is 0 Å². The van der Waals surface area contributed by atoms with Crippen LogP contribution in [0.25, 0.3) is 0 Å². The molecule has 14 nitrogen and oxygen atoms in total. The van der Waals surface area contributed by atoms with Crippen LogP contribution in [0.5, 0.6) is 0 Å². The van der Waals surface area contributed by atoms with Crippen molar-refractivity contribution in [1.29, 1.82) is 0 Å². The highest BCUT2D eigenvalue weighted by molar-refractivity contribution is 6.31. The van der Waals surface area contributed by atoms with Crippen LogP contribution in [-0.2, 0) is 0 Å². The van der Waals surface area contributed by atoms with Gasteiger partial charge in [0.1, 0.15) is 0 Å². The van der Waals surface area contributed by atoms with Crippen molar-refractivity contribution in [2.75, 3.05) is 13.2 Å². The third-order valence-corrected chi connectivity index (χ3v) is 0.129. The molecule has 0 amide bonds. The lowest BCUT2D eigenvalue weighted by Gasteiger charge is -1.71. The van der Waals surface area contributed by atoms with Crippen LogP contribution in [0.1, 0.15) is 0 Å². The smallest absolute Gasteiger partial charge is 0.402 e. The summed E-state index contributed by atoms with van der Waals surface area (Å²) in [5.41, 5.74) is 4.78. The van der Waals surface area contributed by atoms with Crippen LogP contribution in [-0.4, -0.2) is 108 Å². The molecule has 0 aliphatic rings. The molecule has 15 N–H and O–H groups in total. The first kappa shape index (κ1) is 31.9. The van der Waals surface area contributed by atoms with Gasteiger partial charge in [-0.25, -0.2) is 0 Å². The van der Waals surface area contributed by atoms with Crippen molar-refractivity contribution in [1.82, 2.24) is 0 Å². The second kappa shape index (κ2) is 31.2. The standard InChI is InChI=1S/C2H7NO.4BH3O3/c3-1-2-4;4*2-1(3)4/h4H,1-3H2;4*2-4H. The fourth-order valence-electron chi connectivity index (χ4n) is 0. The summed E-state index contributed by atoms with van der Waals surface area (Å²) < 4.78 is 0. The Balaban J connectivity index is -0.0000000469. The number of hydrogen-bond donors (Lipinski definition) is 14. The van der Waals surface area contributed by atoms with Gasteiger partial charge >= 0.3 is 29.3 Å². The molecule has 0 saturated heterocycles. The average molecular weight is 308 g/mol. The van der Waals surface area contributed by atoms with Gasteiger partial charge in [0.25, 0.3) is 0 Å². The predicted molar refractivity (Wildman–Crippen MR) is 65.8 cm³/mol. The van der Waals surface area contributed by atoms with Crippen LogP contribution in [0.15, 0.2) is 0 Å². The Labute approximate surface area is 115 Å². The Bertz CT molecular complexity index is 89.9. The molecule has 20 heavy (non-hydrogen) atoms. The van der Waals surface area contributed by atoms with Gasteiger partial charge in [0.15, 0.2) is 0 Å². The summed E-state index contributed by atoms with van der Waals surface area (Å²) in [6.07, 6.45) is 0. The highest BCUT2D eigenvalue weighted by atomic mass is 16.5. The van der Waals surface area contributed by atoms with E-state index in [-0.39, 0.29) is 6.61 Å². The van der Waals surface area contributed by atoms with E-state index in [1.165, 1.54) is 0 Å². The highest BCUT2D eigenvalue weighted by Gasteiger charge is 1.93. The van der Waals surface area contributed by atoms with Gasteiger partial charge < -0.3 is 71.1 Å². The maximum atomic E-state index is 7.75. The summed E-state index contributed by atoms with van der Waals surface area (Å²) in [6, 6.07) is 0. The predicted octanol–water partition coefficient (Wildman–Crippen LogP) is -9.27. The summed E-state index contributed by atoms with van der Waals surface area (Å²) in [5, 5.41) is 93.8. The number of nitrogens with two attached hydrogens (primary N) is 1. The Morgan fingerprint density at radius 2 is 0.550 bits per heavy atom. The molecule has 0 fully saturated rings. The van der Waals surface area contributed by atoms with Crippen molar-refractivity contribution in [3.8, 4) is 0 Å². The van der Waals surface area contributed by atoms with E-state index in [0.29, 0.717) is 6.54 Å². The molecule has 0 aromatic heterocycles. The van der Waals surface area contributed by atoms with Crippen LogP contribution in [0.2, 0.25) is 0 Å². The normalized spacial score (nSPS) is 6.90. The zero-order chi connectivity index (χ0) is 17.7. The van der Waals surface area contributed by atoms with Crippen LogP contribution in [0.3, 0.4) is 0 Å². The first-order chi connectivity index (χ1) is 8.84. The van der Waals surface area contributed by atoms with E-state index < -0.39 is 29.3 Å². The Morgan fingerprint density at radius 1 is 0.500 bits per heavy atom. The van der Waals surface area contributed by atoms with Crippen molar-refractivity contribution >= 4 is 29.3 Å². The topological polar surface area (TPSA) is 289 Å². The lowest BCUT2D eigenvalue weighted by atomic mass is 10.3. The summed E-state index contributed by atoms with van der Waals surface area (Å²) in [4.78, 5) is 0. The van der Waals surface area contributed by atoms with E-state index >= 15 is 0 Å². The van der Waals surface area contributed by atoms with Gasteiger partial charge in [-0.1, -0.05) is 0 Å². The maximum Gasteiger partial charge on any atom is 0.631 e. The third-order valence-electron chi connectivity index (χ3n) is 0.129. The van der Waals surface area contributed by atoms with Gasteiger partial charge in [0.05, 0.1) is 6.61 Å². The van der Waals surface area contributed by atoms with Gasteiger partial charge in [-0.05, 0) is 0 Å². The minimum atomic E-state index is -2.17. The zero-order valence-corrected chi connectivity index (χ0v) is 10.1. The molecule has 0 unspecified atom stereocenters. The van der Waals surface area contributed by atoms with Crippen LogP contribution in [0.4, 0.5) is 0 Å². The van der Waals surface area contributed by atoms with Crippen LogP contribution >= 0.6 is 0 Å². The van der Waals surface area contributed by atoms with E-state index in [1.807, 2.05) is 0 Å². The number of aliphatic hydroxyl groups is 1. The molecule has 0 heterocycles. The van der Waals surface area contributed by atoms with Gasteiger partial charge in [0, 0.05) is 6.54 Å². The van der Waals surface area contributed by atoms with E-state index in [4.69, 9.17) is 71.1 Å². The van der Waals surface area contributed by atoms with E-state index in [9.17, 15) is 0 Å². The van der Waals surface area contributed by atoms with E-state index in [1.54, 1.807) is 0 Å². The monoisotopic (exact) mass is 309 g/mol. The molecule has 0 aromatic carbocycles. The minimum Gasteiger partial charge on any atom is -0.402 e. The van der Waals surface area contributed by atoms with Gasteiger partial charge in [-0.15, -0.1) is 0 Å². The minimum absolute atomic E-state index is 0.0972. The Kier molecular flexibility index (Phi) is 49.8. The molecule has 18 heteroatoms. The molecule has 0 aliphatic carbocycles. The second-order valence-corrected chi connectivity index (χ2v) is 1.90. The van der Waals surface area contributed by atoms with Crippen molar-refractivity contribution in [2.24, 2.45) is 5.73 Å². The van der Waals surface area contributed by atoms with Crippen molar-refractivity contribution in [3.63, 3.8) is 0 Å². The fraction of sp³-hybridized carbons (Fsp3) is 1.00. The molecule has 0 spiro atoms. The van der Waals surface area contributed by atoms with E-state index in [0.717, 1.165) is 0 Å². The lowest BCUT2D eigenvalue weighted by molar-refractivity contribution is 0.276. The quantitative estimate of drug-likeness (QED) is 0.200. The molecule has 0 bridgehead atoms. The molecule has 0 aliphatic heterocycles. The third kappa shape index (κ3) is 10100. The largest absolute Gasteiger partial charge is 0.631 e. The maximum absolute atomic E-state index is 7.75. The summed E-state index contributed by atoms with van der Waals surface area (Å²) >= 11 is 0. The average Bonchev–Trinajstić information content (AvgIpc) is 2.13. The summed E-state index contributed by atoms with van der Waals surface area (Å²) in [5.74, 6) is 0. The molecule has 0 aromatic rings. The lowest BCUT2D eigenvalue weighted by Crippen LogP contribution is -2.07. The molecular weight excluding hydrogens is 289 g/mol. The van der Waals surface area contributed by atoms with Gasteiger partial charge in [-0.3, -0.25) is 0 Å². The van der Waals surface area contributed by atoms with Crippen molar-refractivity contribution in [3.05, 3.63) is 0 Å². The molecule has 122 valence electrons. The fourth-order valence-corrected chi connectivity index (χ4v) is 0. The van der Waals surface area contributed by atoms with Crippen molar-refractivity contribution in [2.45, 2.75) is 0 Å².